The number of Topliss-reactive ketones (excluding diaryl/α,β-unsaturated/α-hetero) is 1. The number of anilines is 2. The lowest BCUT2D eigenvalue weighted by molar-refractivity contribution is -0.112. The first-order chi connectivity index (χ1) is 12.4. The Balaban J connectivity index is 2.17. The minimum atomic E-state index is -0.539. The average Bonchev–Trinajstić information content (AvgIpc) is 2.62. The number of carbonyl (C=O) groups is 2. The third-order valence-electron chi connectivity index (χ3n) is 3.85. The number of nitrogens with zero attached hydrogens (tertiary/aromatic N) is 1. The van der Waals surface area contributed by atoms with Gasteiger partial charge in [-0.05, 0) is 36.6 Å². The summed E-state index contributed by atoms with van der Waals surface area (Å²) in [4.78, 5) is 23.8. The third-order valence-corrected chi connectivity index (χ3v) is 3.85. The van der Waals surface area contributed by atoms with Crippen LogP contribution >= 0.6 is 0 Å². The molecule has 2 rings (SSSR count). The highest BCUT2D eigenvalue weighted by atomic mass is 16.1. The molecule has 0 unspecified atom stereocenters. The summed E-state index contributed by atoms with van der Waals surface area (Å²) in [6.45, 7) is 5.60. The second-order valence-electron chi connectivity index (χ2n) is 6.15. The zero-order chi connectivity index (χ0) is 19.1. The zero-order valence-electron chi connectivity index (χ0n) is 15.0. The molecule has 0 heterocycles. The van der Waals surface area contributed by atoms with Crippen molar-refractivity contribution in [2.45, 2.75) is 26.7 Å². The van der Waals surface area contributed by atoms with Crippen LogP contribution in [0.25, 0.3) is 0 Å². The SMILES string of the molecule is CC(=O)c1cccc(NC(=O)/C(C#N)=C\Nc2ccccc2C(C)C)c1. The number of hydrogen-bond donors (Lipinski definition) is 2. The Morgan fingerprint density at radius 3 is 2.50 bits per heavy atom. The largest absolute Gasteiger partial charge is 0.360 e. The van der Waals surface area contributed by atoms with Crippen molar-refractivity contribution >= 4 is 23.1 Å². The summed E-state index contributed by atoms with van der Waals surface area (Å²) in [7, 11) is 0. The molecule has 1 amide bonds. The number of ketones is 1. The molecule has 0 saturated carbocycles. The maximum atomic E-state index is 12.3. The van der Waals surface area contributed by atoms with Crippen LogP contribution in [0.1, 0.15) is 42.6 Å². The summed E-state index contributed by atoms with van der Waals surface area (Å²) >= 11 is 0. The number of benzene rings is 2. The van der Waals surface area contributed by atoms with Gasteiger partial charge in [-0.15, -0.1) is 0 Å². The van der Waals surface area contributed by atoms with Crippen molar-refractivity contribution in [2.75, 3.05) is 10.6 Å². The first kappa shape index (κ1) is 18.9. The Morgan fingerprint density at radius 1 is 1.12 bits per heavy atom. The molecule has 2 aromatic carbocycles. The molecule has 132 valence electrons. The number of rotatable bonds is 6. The topological polar surface area (TPSA) is 82.0 Å². The average molecular weight is 347 g/mol. The van der Waals surface area contributed by atoms with E-state index in [1.165, 1.54) is 13.1 Å². The van der Waals surface area contributed by atoms with Crippen molar-refractivity contribution in [3.05, 3.63) is 71.4 Å². The molecule has 0 radical (unpaired) electrons. The number of para-hydroxylation sites is 1. The highest BCUT2D eigenvalue weighted by Crippen LogP contribution is 2.23. The van der Waals surface area contributed by atoms with Crippen LogP contribution < -0.4 is 10.6 Å². The van der Waals surface area contributed by atoms with E-state index in [1.807, 2.05) is 30.3 Å². The van der Waals surface area contributed by atoms with Gasteiger partial charge in [-0.3, -0.25) is 9.59 Å². The first-order valence-corrected chi connectivity index (χ1v) is 8.30. The fraction of sp³-hybridized carbons (Fsp3) is 0.190. The molecular formula is C21H21N3O2. The van der Waals surface area contributed by atoms with Crippen molar-refractivity contribution in [1.29, 1.82) is 5.26 Å². The maximum Gasteiger partial charge on any atom is 0.267 e. The molecule has 0 aliphatic heterocycles. The van der Waals surface area contributed by atoms with Gasteiger partial charge >= 0.3 is 0 Å². The van der Waals surface area contributed by atoms with Gasteiger partial charge in [-0.25, -0.2) is 0 Å². The summed E-state index contributed by atoms with van der Waals surface area (Å²) in [5.41, 5.74) is 2.84. The van der Waals surface area contributed by atoms with Gasteiger partial charge in [0.2, 0.25) is 0 Å². The second kappa shape index (κ2) is 8.63. The van der Waals surface area contributed by atoms with Crippen molar-refractivity contribution < 1.29 is 9.59 Å². The van der Waals surface area contributed by atoms with E-state index in [-0.39, 0.29) is 11.4 Å². The monoisotopic (exact) mass is 347 g/mol. The van der Waals surface area contributed by atoms with Crippen LogP contribution in [-0.4, -0.2) is 11.7 Å². The van der Waals surface area contributed by atoms with Gasteiger partial charge in [0.05, 0.1) is 0 Å². The molecule has 0 atom stereocenters. The zero-order valence-corrected chi connectivity index (χ0v) is 15.0. The predicted octanol–water partition coefficient (Wildman–Crippen LogP) is 4.47. The smallest absolute Gasteiger partial charge is 0.267 e. The Labute approximate surface area is 153 Å². The fourth-order valence-corrected chi connectivity index (χ4v) is 2.44. The molecule has 5 heteroatoms. The number of nitrogens with one attached hydrogen (secondary N) is 2. The Hall–Kier alpha value is -3.39. The third kappa shape index (κ3) is 4.81. The van der Waals surface area contributed by atoms with Crippen molar-refractivity contribution in [1.82, 2.24) is 0 Å². The van der Waals surface area contributed by atoms with Gasteiger partial charge in [0, 0.05) is 23.1 Å². The molecule has 2 aromatic rings. The van der Waals surface area contributed by atoms with Crippen LogP contribution in [0, 0.1) is 11.3 Å². The molecule has 5 nitrogen and oxygen atoms in total. The summed E-state index contributed by atoms with van der Waals surface area (Å²) in [6, 6.07) is 16.2. The Bertz CT molecular complexity index is 892. The molecule has 0 aliphatic carbocycles. The predicted molar refractivity (Wildman–Crippen MR) is 103 cm³/mol. The van der Waals surface area contributed by atoms with E-state index in [0.29, 0.717) is 17.2 Å². The van der Waals surface area contributed by atoms with Crippen LogP contribution in [0.4, 0.5) is 11.4 Å². The minimum absolute atomic E-state index is 0.0585. The number of amides is 1. The number of nitriles is 1. The highest BCUT2D eigenvalue weighted by Gasteiger charge is 2.11. The normalized spacial score (nSPS) is 11.0. The number of hydrogen-bond acceptors (Lipinski definition) is 4. The quantitative estimate of drug-likeness (QED) is 0.459. The summed E-state index contributed by atoms with van der Waals surface area (Å²) in [6.07, 6.45) is 1.39. The summed E-state index contributed by atoms with van der Waals surface area (Å²) < 4.78 is 0. The van der Waals surface area contributed by atoms with E-state index in [9.17, 15) is 14.9 Å². The van der Waals surface area contributed by atoms with Gasteiger partial charge in [0.25, 0.3) is 5.91 Å². The molecule has 2 N–H and O–H groups in total. The molecule has 0 aromatic heterocycles. The minimum Gasteiger partial charge on any atom is -0.360 e. The van der Waals surface area contributed by atoms with E-state index in [0.717, 1.165) is 11.3 Å². The lowest BCUT2D eigenvalue weighted by Crippen LogP contribution is -2.15. The van der Waals surface area contributed by atoms with Crippen LogP contribution in [0.5, 0.6) is 0 Å². The van der Waals surface area contributed by atoms with Gasteiger partial charge < -0.3 is 10.6 Å². The molecular weight excluding hydrogens is 326 g/mol. The Kier molecular flexibility index (Phi) is 6.29. The van der Waals surface area contributed by atoms with Gasteiger partial charge in [0.15, 0.2) is 5.78 Å². The lowest BCUT2D eigenvalue weighted by atomic mass is 10.0. The van der Waals surface area contributed by atoms with Crippen LogP contribution in [0.3, 0.4) is 0 Å². The summed E-state index contributed by atoms with van der Waals surface area (Å²) in [5.74, 6) is -0.326. The maximum absolute atomic E-state index is 12.3. The summed E-state index contributed by atoms with van der Waals surface area (Å²) in [5, 5.41) is 15.0. The standard InChI is InChI=1S/C21H21N3O2/c1-14(2)19-9-4-5-10-20(19)23-13-17(12-22)21(26)24-18-8-6-7-16(11-18)15(3)25/h4-11,13-14,23H,1-3H3,(H,24,26)/b17-13-. The fourth-order valence-electron chi connectivity index (χ4n) is 2.44. The molecule has 26 heavy (non-hydrogen) atoms. The second-order valence-corrected chi connectivity index (χ2v) is 6.15. The van der Waals surface area contributed by atoms with E-state index in [4.69, 9.17) is 0 Å². The molecule has 0 bridgehead atoms. The van der Waals surface area contributed by atoms with Gasteiger partial charge in [-0.1, -0.05) is 44.2 Å². The van der Waals surface area contributed by atoms with Crippen LogP contribution in [0.2, 0.25) is 0 Å². The molecule has 0 saturated heterocycles. The van der Waals surface area contributed by atoms with E-state index in [1.54, 1.807) is 24.3 Å². The lowest BCUT2D eigenvalue weighted by Gasteiger charge is -2.12. The number of carbonyl (C=O) groups excluding carboxylic acids is 2. The van der Waals surface area contributed by atoms with Crippen molar-refractivity contribution in [2.24, 2.45) is 0 Å². The molecule has 0 aliphatic rings. The van der Waals surface area contributed by atoms with Gasteiger partial charge in [-0.2, -0.15) is 5.26 Å². The van der Waals surface area contributed by atoms with Crippen molar-refractivity contribution in [3.63, 3.8) is 0 Å². The van der Waals surface area contributed by atoms with E-state index < -0.39 is 5.91 Å². The van der Waals surface area contributed by atoms with Crippen LogP contribution in [-0.2, 0) is 4.79 Å². The van der Waals surface area contributed by atoms with E-state index >= 15 is 0 Å². The van der Waals surface area contributed by atoms with E-state index in [2.05, 4.69) is 24.5 Å². The first-order valence-electron chi connectivity index (χ1n) is 8.30. The molecule has 0 spiro atoms. The Morgan fingerprint density at radius 2 is 1.85 bits per heavy atom. The van der Waals surface area contributed by atoms with Gasteiger partial charge in [0.1, 0.15) is 11.6 Å². The van der Waals surface area contributed by atoms with Crippen molar-refractivity contribution in [3.8, 4) is 6.07 Å². The highest BCUT2D eigenvalue weighted by molar-refractivity contribution is 6.07. The molecule has 0 fully saturated rings. The van der Waals surface area contributed by atoms with Crippen LogP contribution in [0.15, 0.2) is 60.3 Å².